The Labute approximate surface area is 99.4 Å². The van der Waals surface area contributed by atoms with Crippen molar-refractivity contribution in [2.24, 2.45) is 12.8 Å². The zero-order chi connectivity index (χ0) is 12.4. The van der Waals surface area contributed by atoms with Crippen LogP contribution >= 0.6 is 0 Å². The first-order chi connectivity index (χ1) is 8.13. The minimum absolute atomic E-state index is 0.293. The summed E-state index contributed by atoms with van der Waals surface area (Å²) in [5, 5.41) is 4.27. The summed E-state index contributed by atoms with van der Waals surface area (Å²) in [5.41, 5.74) is 7.98. The summed E-state index contributed by atoms with van der Waals surface area (Å²) in [6.07, 6.45) is 3.17. The Hall–Kier alpha value is -1.95. The molecular weight excluding hydrogens is 218 g/mol. The van der Waals surface area contributed by atoms with Crippen molar-refractivity contribution < 1.29 is 4.74 Å². The Morgan fingerprint density at radius 1 is 1.29 bits per heavy atom. The number of nitrogens with two attached hydrogens (primary N) is 1. The van der Waals surface area contributed by atoms with Crippen LogP contribution in [0.15, 0.2) is 12.4 Å². The average Bonchev–Trinajstić information content (AvgIpc) is 2.57. The van der Waals surface area contributed by atoms with Gasteiger partial charge in [0.2, 0.25) is 5.88 Å². The molecule has 0 saturated heterocycles. The maximum Gasteiger partial charge on any atom is 0.242 e. The fourth-order valence-electron chi connectivity index (χ4n) is 1.58. The van der Waals surface area contributed by atoms with Crippen molar-refractivity contribution in [3.63, 3.8) is 0 Å². The smallest absolute Gasteiger partial charge is 0.242 e. The van der Waals surface area contributed by atoms with Crippen molar-refractivity contribution in [3.8, 4) is 11.6 Å². The van der Waals surface area contributed by atoms with Crippen molar-refractivity contribution in [2.75, 3.05) is 0 Å². The Balaban J connectivity index is 2.38. The molecule has 90 valence electrons. The molecule has 2 N–H and O–H groups in total. The molecule has 2 heterocycles. The second-order valence-electron chi connectivity index (χ2n) is 3.74. The van der Waals surface area contributed by atoms with E-state index in [0.717, 1.165) is 11.4 Å². The number of rotatable bonds is 3. The lowest BCUT2D eigenvalue weighted by Gasteiger charge is -2.07. The normalized spacial score (nSPS) is 10.6. The molecule has 0 bridgehead atoms. The lowest BCUT2D eigenvalue weighted by molar-refractivity contribution is 0.445. The highest BCUT2D eigenvalue weighted by Gasteiger charge is 2.14. The molecule has 0 spiro atoms. The maximum absolute atomic E-state index is 5.75. The molecule has 0 radical (unpaired) electrons. The van der Waals surface area contributed by atoms with Gasteiger partial charge in [0.25, 0.3) is 0 Å². The number of aryl methyl sites for hydroxylation is 2. The van der Waals surface area contributed by atoms with Gasteiger partial charge in [0.05, 0.1) is 5.69 Å². The van der Waals surface area contributed by atoms with Crippen molar-refractivity contribution in [3.05, 3.63) is 29.5 Å². The quantitative estimate of drug-likeness (QED) is 0.858. The highest BCUT2D eigenvalue weighted by atomic mass is 16.5. The lowest BCUT2D eigenvalue weighted by atomic mass is 10.3. The first-order valence-corrected chi connectivity index (χ1v) is 5.31. The van der Waals surface area contributed by atoms with E-state index in [1.54, 1.807) is 17.1 Å². The topological polar surface area (TPSA) is 78.8 Å². The summed E-state index contributed by atoms with van der Waals surface area (Å²) in [4.78, 5) is 8.25. The van der Waals surface area contributed by atoms with Gasteiger partial charge in [-0.2, -0.15) is 5.10 Å². The van der Waals surface area contributed by atoms with Crippen molar-refractivity contribution in [2.45, 2.75) is 20.4 Å². The van der Waals surface area contributed by atoms with E-state index >= 15 is 0 Å². The third-order valence-electron chi connectivity index (χ3n) is 2.57. The molecule has 6 nitrogen and oxygen atoms in total. The molecule has 0 amide bonds. The molecule has 2 aromatic rings. The predicted molar refractivity (Wildman–Crippen MR) is 62.7 cm³/mol. The third kappa shape index (κ3) is 2.12. The Morgan fingerprint density at radius 2 is 2.00 bits per heavy atom. The fourth-order valence-corrected chi connectivity index (χ4v) is 1.58. The predicted octanol–water partition coefficient (Wildman–Crippen LogP) is 1.08. The van der Waals surface area contributed by atoms with Crippen LogP contribution < -0.4 is 10.5 Å². The van der Waals surface area contributed by atoms with E-state index in [9.17, 15) is 0 Å². The molecule has 2 aromatic heterocycles. The van der Waals surface area contributed by atoms with Crippen LogP contribution in [-0.2, 0) is 13.6 Å². The van der Waals surface area contributed by atoms with E-state index in [-0.39, 0.29) is 0 Å². The van der Waals surface area contributed by atoms with Gasteiger partial charge in [0, 0.05) is 26.0 Å². The van der Waals surface area contributed by atoms with Crippen molar-refractivity contribution in [1.29, 1.82) is 0 Å². The van der Waals surface area contributed by atoms with E-state index in [4.69, 9.17) is 10.5 Å². The highest BCUT2D eigenvalue weighted by Crippen LogP contribution is 2.27. The summed E-state index contributed by atoms with van der Waals surface area (Å²) in [6.45, 7) is 4.12. The lowest BCUT2D eigenvalue weighted by Crippen LogP contribution is -2.04. The molecule has 0 saturated carbocycles. The zero-order valence-electron chi connectivity index (χ0n) is 10.1. The van der Waals surface area contributed by atoms with E-state index in [2.05, 4.69) is 15.1 Å². The summed E-state index contributed by atoms with van der Waals surface area (Å²) >= 11 is 0. The largest absolute Gasteiger partial charge is 0.433 e. The molecule has 17 heavy (non-hydrogen) atoms. The summed E-state index contributed by atoms with van der Waals surface area (Å²) in [5.74, 6) is 1.15. The van der Waals surface area contributed by atoms with E-state index in [1.165, 1.54) is 0 Å². The van der Waals surface area contributed by atoms with E-state index in [0.29, 0.717) is 23.9 Å². The number of hydrogen-bond acceptors (Lipinski definition) is 5. The van der Waals surface area contributed by atoms with Crippen LogP contribution in [0, 0.1) is 13.8 Å². The maximum atomic E-state index is 5.75. The SMILES string of the molecule is Cc1nn(C)c(C)c1Oc1nccnc1CN. The number of ether oxygens (including phenoxy) is 1. The molecule has 0 unspecified atom stereocenters. The van der Waals surface area contributed by atoms with E-state index in [1.807, 2.05) is 20.9 Å². The third-order valence-corrected chi connectivity index (χ3v) is 2.57. The zero-order valence-corrected chi connectivity index (χ0v) is 10.1. The molecule has 0 aliphatic carbocycles. The Bertz CT molecular complexity index is 535. The van der Waals surface area contributed by atoms with Crippen LogP contribution in [0.4, 0.5) is 0 Å². The molecule has 0 aliphatic rings. The van der Waals surface area contributed by atoms with Crippen LogP contribution in [0.3, 0.4) is 0 Å². The second-order valence-corrected chi connectivity index (χ2v) is 3.74. The van der Waals surface area contributed by atoms with Gasteiger partial charge in [-0.1, -0.05) is 0 Å². The second kappa shape index (κ2) is 4.50. The molecule has 6 heteroatoms. The Kier molecular flexibility index (Phi) is 3.06. The number of nitrogens with zero attached hydrogens (tertiary/aromatic N) is 4. The summed E-state index contributed by atoms with van der Waals surface area (Å²) in [7, 11) is 1.87. The van der Waals surface area contributed by atoms with Crippen molar-refractivity contribution in [1.82, 2.24) is 19.7 Å². The van der Waals surface area contributed by atoms with E-state index < -0.39 is 0 Å². The molecule has 0 aliphatic heterocycles. The van der Waals surface area contributed by atoms with Gasteiger partial charge in [-0.05, 0) is 13.8 Å². The van der Waals surface area contributed by atoms with Gasteiger partial charge >= 0.3 is 0 Å². The number of aromatic nitrogens is 4. The minimum atomic E-state index is 0.293. The molecular formula is C11H15N5O. The van der Waals surface area contributed by atoms with Gasteiger partial charge in [-0.15, -0.1) is 0 Å². The molecule has 0 fully saturated rings. The van der Waals surface area contributed by atoms with Gasteiger partial charge in [0.15, 0.2) is 5.75 Å². The first kappa shape index (κ1) is 11.5. The van der Waals surface area contributed by atoms with Crippen LogP contribution in [0.5, 0.6) is 11.6 Å². The van der Waals surface area contributed by atoms with Gasteiger partial charge in [-0.25, -0.2) is 4.98 Å². The van der Waals surface area contributed by atoms with Crippen molar-refractivity contribution >= 4 is 0 Å². The first-order valence-electron chi connectivity index (χ1n) is 5.31. The highest BCUT2D eigenvalue weighted by molar-refractivity contribution is 5.36. The minimum Gasteiger partial charge on any atom is -0.433 e. The van der Waals surface area contributed by atoms with Gasteiger partial charge in [0.1, 0.15) is 11.4 Å². The van der Waals surface area contributed by atoms with Crippen LogP contribution in [0.25, 0.3) is 0 Å². The summed E-state index contributed by atoms with van der Waals surface area (Å²) in [6, 6.07) is 0. The average molecular weight is 233 g/mol. The van der Waals surface area contributed by atoms with Gasteiger partial charge < -0.3 is 10.5 Å². The fraction of sp³-hybridized carbons (Fsp3) is 0.364. The Morgan fingerprint density at radius 3 is 2.59 bits per heavy atom. The molecule has 0 aromatic carbocycles. The van der Waals surface area contributed by atoms with Crippen LogP contribution in [-0.4, -0.2) is 19.7 Å². The van der Waals surface area contributed by atoms with Crippen LogP contribution in [0.2, 0.25) is 0 Å². The van der Waals surface area contributed by atoms with Crippen LogP contribution in [0.1, 0.15) is 17.1 Å². The molecule has 2 rings (SSSR count). The van der Waals surface area contributed by atoms with Gasteiger partial charge in [-0.3, -0.25) is 9.67 Å². The summed E-state index contributed by atoms with van der Waals surface area (Å²) < 4.78 is 7.51. The molecule has 0 atom stereocenters. The monoisotopic (exact) mass is 233 g/mol. The standard InChI is InChI=1S/C11H15N5O/c1-7-10(8(2)16(3)15-7)17-11-9(6-12)13-4-5-14-11/h4-5H,6,12H2,1-3H3. The number of hydrogen-bond donors (Lipinski definition) is 1.